The Morgan fingerprint density at radius 2 is 1.75 bits per heavy atom. The summed E-state index contributed by atoms with van der Waals surface area (Å²) in [5.74, 6) is 0. The smallest absolute Gasteiger partial charge is 0.270 e. The van der Waals surface area contributed by atoms with Crippen LogP contribution in [0, 0.1) is 0 Å². The first kappa shape index (κ1) is 15.1. The van der Waals surface area contributed by atoms with Gasteiger partial charge >= 0.3 is 0 Å². The van der Waals surface area contributed by atoms with Crippen LogP contribution in [0.4, 0.5) is 0 Å². The monoisotopic (exact) mass is 345 g/mol. The van der Waals surface area contributed by atoms with Crippen LogP contribution in [0.15, 0.2) is 5.10 Å². The van der Waals surface area contributed by atoms with E-state index in [9.17, 15) is 0 Å². The first-order valence-electron chi connectivity index (χ1n) is 4.40. The van der Waals surface area contributed by atoms with Gasteiger partial charge in [-0.05, 0) is 6.42 Å². The molecule has 0 bridgehead atoms. The lowest BCUT2D eigenvalue weighted by Crippen LogP contribution is -2.53. The van der Waals surface area contributed by atoms with Gasteiger partial charge in [-0.2, -0.15) is 5.10 Å². The fraction of sp³-hybridized carbons (Fsp3) is 0.857. The predicted octanol–water partition coefficient (Wildman–Crippen LogP) is 3.98. The largest absolute Gasteiger partial charge is 0.290 e. The minimum atomic E-state index is -1.71. The Bertz CT molecular complexity index is 270. The highest BCUT2D eigenvalue weighted by Gasteiger charge is 2.49. The summed E-state index contributed by atoms with van der Waals surface area (Å²) in [5, 5.41) is 5.63. The number of hydrazone groups is 1. The maximum absolute atomic E-state index is 5.86. The van der Waals surface area contributed by atoms with Gasteiger partial charge in [0.15, 0.2) is 6.17 Å². The van der Waals surface area contributed by atoms with E-state index >= 15 is 0 Å². The number of rotatable bonds is 2. The fourth-order valence-electron chi connectivity index (χ4n) is 1.33. The molecule has 0 aromatic rings. The van der Waals surface area contributed by atoms with Crippen LogP contribution in [0.2, 0.25) is 0 Å². The maximum atomic E-state index is 5.86. The molecule has 9 heteroatoms. The third-order valence-electron chi connectivity index (χ3n) is 1.91. The van der Waals surface area contributed by atoms with E-state index in [1.54, 1.807) is 5.01 Å². The average Bonchev–Trinajstić information content (AvgIpc) is 2.46. The summed E-state index contributed by atoms with van der Waals surface area (Å²) in [7, 11) is 0. The van der Waals surface area contributed by atoms with Gasteiger partial charge in [-0.3, -0.25) is 9.91 Å². The van der Waals surface area contributed by atoms with Crippen molar-refractivity contribution in [2.45, 2.75) is 27.2 Å². The molecule has 0 amide bonds. The summed E-state index contributed by atoms with van der Waals surface area (Å²) in [6, 6.07) is 0. The lowest BCUT2D eigenvalue weighted by atomic mass is 10.4. The normalized spacial score (nSPS) is 22.1. The van der Waals surface area contributed by atoms with E-state index in [4.69, 9.17) is 69.6 Å². The van der Waals surface area contributed by atoms with Crippen LogP contribution in [0.1, 0.15) is 13.3 Å². The maximum Gasteiger partial charge on any atom is 0.270 e. The van der Waals surface area contributed by atoms with Crippen LogP contribution in [-0.2, 0) is 0 Å². The van der Waals surface area contributed by atoms with Crippen molar-refractivity contribution in [1.29, 1.82) is 0 Å². The molecular formula is C7H9Cl6N3. The van der Waals surface area contributed by atoms with E-state index in [0.717, 1.165) is 6.42 Å². The van der Waals surface area contributed by atoms with Gasteiger partial charge in [0.2, 0.25) is 3.79 Å². The van der Waals surface area contributed by atoms with E-state index in [2.05, 4.69) is 5.10 Å². The molecule has 1 aliphatic heterocycles. The average molecular weight is 348 g/mol. The van der Waals surface area contributed by atoms with Crippen LogP contribution >= 0.6 is 69.6 Å². The molecular weight excluding hydrogens is 339 g/mol. The van der Waals surface area contributed by atoms with Crippen LogP contribution in [0.5, 0.6) is 0 Å². The van der Waals surface area contributed by atoms with Gasteiger partial charge < -0.3 is 0 Å². The second kappa shape index (κ2) is 5.33. The molecule has 1 heterocycles. The molecule has 0 N–H and O–H groups in total. The fourth-order valence-corrected chi connectivity index (χ4v) is 2.39. The summed E-state index contributed by atoms with van der Waals surface area (Å²) in [6.07, 6.45) is 1.46. The molecule has 0 fully saturated rings. The zero-order chi connectivity index (χ0) is 12.6. The van der Waals surface area contributed by atoms with Crippen molar-refractivity contribution in [2.75, 3.05) is 6.54 Å². The summed E-state index contributed by atoms with van der Waals surface area (Å²) in [4.78, 5) is 1.28. The van der Waals surface area contributed by atoms with E-state index in [1.165, 1.54) is 11.2 Å². The Balaban J connectivity index is 2.93. The molecule has 94 valence electrons. The third-order valence-corrected chi connectivity index (χ3v) is 3.08. The number of hydrogen-bond donors (Lipinski definition) is 0. The van der Waals surface area contributed by atoms with Gasteiger partial charge in [0.25, 0.3) is 3.92 Å². The topological polar surface area (TPSA) is 18.8 Å². The van der Waals surface area contributed by atoms with Crippen LogP contribution in [0.25, 0.3) is 0 Å². The zero-order valence-corrected chi connectivity index (χ0v) is 12.7. The highest BCUT2D eigenvalue weighted by Crippen LogP contribution is 2.43. The Kier molecular flexibility index (Phi) is 5.02. The summed E-state index contributed by atoms with van der Waals surface area (Å²) in [5.41, 5.74) is 0. The standard InChI is InChI=1S/C7H9Cl6N3/c1-2-3-16-5(6(8,9)10)15(4-14-16)7(11,12)13/h4-5H,2-3H2,1H3. The van der Waals surface area contributed by atoms with Crippen molar-refractivity contribution in [3.05, 3.63) is 0 Å². The van der Waals surface area contributed by atoms with E-state index in [0.29, 0.717) is 6.54 Å². The van der Waals surface area contributed by atoms with Gasteiger partial charge in [0.05, 0.1) is 0 Å². The van der Waals surface area contributed by atoms with Crippen LogP contribution in [-0.4, -0.2) is 36.7 Å². The number of hydrogen-bond acceptors (Lipinski definition) is 3. The molecule has 0 aliphatic carbocycles. The Hall–Kier alpha value is 1.01. The highest BCUT2D eigenvalue weighted by molar-refractivity contribution is 6.69. The lowest BCUT2D eigenvalue weighted by molar-refractivity contribution is 0.132. The number of halogens is 6. The molecule has 0 spiro atoms. The van der Waals surface area contributed by atoms with E-state index in [-0.39, 0.29) is 0 Å². The van der Waals surface area contributed by atoms with Gasteiger partial charge in [0, 0.05) is 6.54 Å². The summed E-state index contributed by atoms with van der Waals surface area (Å²) >= 11 is 34.9. The summed E-state index contributed by atoms with van der Waals surface area (Å²) in [6.45, 7) is 2.58. The Labute approximate surface area is 124 Å². The van der Waals surface area contributed by atoms with Crippen molar-refractivity contribution >= 4 is 75.9 Å². The number of nitrogens with zero attached hydrogens (tertiary/aromatic N) is 3. The predicted molar refractivity (Wildman–Crippen MR) is 71.7 cm³/mol. The summed E-state index contributed by atoms with van der Waals surface area (Å²) < 4.78 is -3.34. The first-order chi connectivity index (χ1) is 7.18. The molecule has 1 unspecified atom stereocenters. The molecule has 0 saturated heterocycles. The highest BCUT2D eigenvalue weighted by atomic mass is 35.6. The zero-order valence-electron chi connectivity index (χ0n) is 8.18. The van der Waals surface area contributed by atoms with Gasteiger partial charge in [-0.1, -0.05) is 76.5 Å². The van der Waals surface area contributed by atoms with Gasteiger partial charge in [0.1, 0.15) is 6.34 Å². The van der Waals surface area contributed by atoms with Crippen molar-refractivity contribution in [3.63, 3.8) is 0 Å². The van der Waals surface area contributed by atoms with Gasteiger partial charge in [-0.25, -0.2) is 0 Å². The molecule has 0 radical (unpaired) electrons. The minimum absolute atomic E-state index is 0.603. The quantitative estimate of drug-likeness (QED) is 0.555. The molecule has 3 nitrogen and oxygen atoms in total. The molecule has 1 aliphatic rings. The molecule has 0 aromatic heterocycles. The van der Waals surface area contributed by atoms with Crippen molar-refractivity contribution < 1.29 is 0 Å². The molecule has 0 saturated carbocycles. The van der Waals surface area contributed by atoms with Gasteiger partial charge in [-0.15, -0.1) is 0 Å². The molecule has 1 atom stereocenters. The van der Waals surface area contributed by atoms with Crippen molar-refractivity contribution in [3.8, 4) is 0 Å². The van der Waals surface area contributed by atoms with E-state index < -0.39 is 13.9 Å². The molecule has 0 aromatic carbocycles. The Morgan fingerprint density at radius 1 is 1.19 bits per heavy atom. The van der Waals surface area contributed by atoms with Crippen molar-refractivity contribution in [1.82, 2.24) is 9.91 Å². The second-order valence-corrected chi connectivity index (χ2v) is 7.77. The second-order valence-electron chi connectivity index (χ2n) is 3.18. The van der Waals surface area contributed by atoms with Crippen LogP contribution < -0.4 is 0 Å². The van der Waals surface area contributed by atoms with E-state index in [1.807, 2.05) is 6.92 Å². The minimum Gasteiger partial charge on any atom is -0.290 e. The Morgan fingerprint density at radius 3 is 2.12 bits per heavy atom. The SMILES string of the molecule is CCCN1N=CN(C(Cl)(Cl)Cl)C1C(Cl)(Cl)Cl. The molecule has 16 heavy (non-hydrogen) atoms. The molecule has 1 rings (SSSR count). The number of alkyl halides is 6. The van der Waals surface area contributed by atoms with Crippen molar-refractivity contribution in [2.24, 2.45) is 5.10 Å². The first-order valence-corrected chi connectivity index (χ1v) is 6.67. The van der Waals surface area contributed by atoms with Crippen LogP contribution in [0.3, 0.4) is 0 Å². The lowest BCUT2D eigenvalue weighted by Gasteiger charge is -2.38. The third kappa shape index (κ3) is 3.50.